The number of aryl methyl sites for hydroxylation is 1. The molecule has 8 heteroatoms. The van der Waals surface area contributed by atoms with Gasteiger partial charge in [0.1, 0.15) is 5.69 Å². The fourth-order valence-corrected chi connectivity index (χ4v) is 2.12. The van der Waals surface area contributed by atoms with Crippen LogP contribution in [0, 0.1) is 17.0 Å². The van der Waals surface area contributed by atoms with Gasteiger partial charge in [0.05, 0.1) is 4.92 Å². The summed E-state index contributed by atoms with van der Waals surface area (Å²) in [7, 11) is 1.55. The lowest BCUT2D eigenvalue weighted by atomic mass is 10.1. The van der Waals surface area contributed by atoms with Crippen molar-refractivity contribution >= 4 is 23.2 Å². The number of anilines is 1. The lowest BCUT2D eigenvalue weighted by Gasteiger charge is -2.09. The van der Waals surface area contributed by atoms with Crippen LogP contribution in [0.4, 0.5) is 11.4 Å². The van der Waals surface area contributed by atoms with Crippen molar-refractivity contribution in [3.8, 4) is 0 Å². The molecule has 0 spiro atoms. The quantitative estimate of drug-likeness (QED) is 0.587. The molecular formula is C16H16N4O4. The topological polar surface area (TPSA) is 113 Å². The van der Waals surface area contributed by atoms with Crippen LogP contribution in [0.15, 0.2) is 42.5 Å². The molecule has 2 aromatic rings. The molecule has 0 saturated heterocycles. The van der Waals surface area contributed by atoms with Gasteiger partial charge >= 0.3 is 0 Å². The number of nitrogens with zero attached hydrogens (tertiary/aromatic N) is 1. The number of rotatable bonds is 4. The predicted molar refractivity (Wildman–Crippen MR) is 88.8 cm³/mol. The van der Waals surface area contributed by atoms with Crippen LogP contribution in [-0.2, 0) is 0 Å². The molecule has 2 aromatic carbocycles. The van der Waals surface area contributed by atoms with E-state index in [9.17, 15) is 19.7 Å². The third kappa shape index (κ3) is 3.67. The molecule has 2 rings (SSSR count). The number of carbonyl (C=O) groups excluding carboxylic acids is 2. The first-order chi connectivity index (χ1) is 11.4. The summed E-state index contributed by atoms with van der Waals surface area (Å²) in [5.74, 6) is -1.12. The Hall–Kier alpha value is -3.42. The largest absolute Gasteiger partial charge is 0.383 e. The molecule has 0 heterocycles. The zero-order valence-electron chi connectivity index (χ0n) is 13.1. The van der Waals surface area contributed by atoms with Crippen LogP contribution in [0.2, 0.25) is 0 Å². The number of carbonyl (C=O) groups is 2. The van der Waals surface area contributed by atoms with E-state index in [-0.39, 0.29) is 11.3 Å². The van der Waals surface area contributed by atoms with Gasteiger partial charge in [-0.05, 0) is 30.7 Å². The fraction of sp³-hybridized carbons (Fsp3) is 0.125. The number of hydrogen-bond acceptors (Lipinski definition) is 5. The first kappa shape index (κ1) is 16.9. The number of nitrogens with one attached hydrogen (secondary N) is 3. The highest BCUT2D eigenvalue weighted by Crippen LogP contribution is 2.24. The summed E-state index contributed by atoms with van der Waals surface area (Å²) in [6.45, 7) is 1.77. The highest BCUT2D eigenvalue weighted by Gasteiger charge is 2.17. The second-order valence-corrected chi connectivity index (χ2v) is 4.96. The molecule has 0 atom stereocenters. The number of nitro groups is 1. The van der Waals surface area contributed by atoms with Gasteiger partial charge < -0.3 is 5.32 Å². The minimum absolute atomic E-state index is 0.0609. The number of nitro benzene ring substituents is 1. The minimum atomic E-state index is -0.650. The Morgan fingerprint density at radius 3 is 2.33 bits per heavy atom. The first-order valence-electron chi connectivity index (χ1n) is 7.06. The fourth-order valence-electron chi connectivity index (χ4n) is 2.12. The van der Waals surface area contributed by atoms with Crippen LogP contribution in [-0.4, -0.2) is 23.8 Å². The lowest BCUT2D eigenvalue weighted by Crippen LogP contribution is -2.41. The third-order valence-electron chi connectivity index (χ3n) is 3.41. The van der Waals surface area contributed by atoms with Crippen molar-refractivity contribution in [2.24, 2.45) is 0 Å². The van der Waals surface area contributed by atoms with E-state index in [2.05, 4.69) is 16.2 Å². The van der Waals surface area contributed by atoms with Crippen LogP contribution < -0.4 is 16.2 Å². The smallest absolute Gasteiger partial charge is 0.293 e. The van der Waals surface area contributed by atoms with Gasteiger partial charge in [-0.1, -0.05) is 18.2 Å². The van der Waals surface area contributed by atoms with E-state index < -0.39 is 16.7 Å². The maximum atomic E-state index is 12.1. The molecule has 0 saturated carbocycles. The van der Waals surface area contributed by atoms with E-state index >= 15 is 0 Å². The van der Waals surface area contributed by atoms with Crippen molar-refractivity contribution in [3.05, 3.63) is 69.3 Å². The summed E-state index contributed by atoms with van der Waals surface area (Å²) in [6.07, 6.45) is 0. The normalized spacial score (nSPS) is 9.92. The van der Waals surface area contributed by atoms with Crippen LogP contribution in [0.25, 0.3) is 0 Å². The van der Waals surface area contributed by atoms with E-state index in [0.717, 1.165) is 11.6 Å². The monoisotopic (exact) mass is 328 g/mol. The van der Waals surface area contributed by atoms with Gasteiger partial charge in [-0.2, -0.15) is 0 Å². The molecule has 24 heavy (non-hydrogen) atoms. The molecule has 0 aromatic heterocycles. The van der Waals surface area contributed by atoms with Crippen LogP contribution in [0.1, 0.15) is 26.3 Å². The molecule has 0 aliphatic carbocycles. The average molecular weight is 328 g/mol. The Morgan fingerprint density at radius 1 is 1.04 bits per heavy atom. The van der Waals surface area contributed by atoms with Crippen LogP contribution >= 0.6 is 0 Å². The SMILES string of the molecule is CNc1ccc(C(=O)NNC(=O)c2ccccc2C)cc1[N+](=O)[O-]. The maximum Gasteiger partial charge on any atom is 0.293 e. The molecule has 3 N–H and O–H groups in total. The molecule has 8 nitrogen and oxygen atoms in total. The van der Waals surface area contributed by atoms with Gasteiger partial charge in [-0.3, -0.25) is 30.6 Å². The van der Waals surface area contributed by atoms with Gasteiger partial charge in [0.25, 0.3) is 17.5 Å². The Morgan fingerprint density at radius 2 is 1.71 bits per heavy atom. The van der Waals surface area contributed by atoms with Crippen LogP contribution in [0.3, 0.4) is 0 Å². The van der Waals surface area contributed by atoms with E-state index in [1.54, 1.807) is 38.2 Å². The second kappa shape index (κ2) is 7.23. The van der Waals surface area contributed by atoms with Crippen molar-refractivity contribution in [2.45, 2.75) is 6.92 Å². The first-order valence-corrected chi connectivity index (χ1v) is 7.06. The van der Waals surface area contributed by atoms with E-state index in [4.69, 9.17) is 0 Å². The molecule has 0 radical (unpaired) electrons. The summed E-state index contributed by atoms with van der Waals surface area (Å²) in [6, 6.07) is 10.9. The molecule has 124 valence electrons. The zero-order valence-corrected chi connectivity index (χ0v) is 13.1. The summed E-state index contributed by atoms with van der Waals surface area (Å²) in [5.41, 5.74) is 5.85. The van der Waals surface area contributed by atoms with Gasteiger partial charge in [-0.25, -0.2) is 0 Å². The number of hydrazine groups is 1. The molecular weight excluding hydrogens is 312 g/mol. The van der Waals surface area contributed by atoms with Gasteiger partial charge in [0, 0.05) is 24.2 Å². The third-order valence-corrected chi connectivity index (χ3v) is 3.41. The van der Waals surface area contributed by atoms with Crippen molar-refractivity contribution in [1.29, 1.82) is 0 Å². The molecule has 0 aliphatic rings. The number of amides is 2. The van der Waals surface area contributed by atoms with E-state index in [1.807, 2.05) is 0 Å². The van der Waals surface area contributed by atoms with E-state index in [1.165, 1.54) is 12.1 Å². The Kier molecular flexibility index (Phi) is 5.10. The summed E-state index contributed by atoms with van der Waals surface area (Å²) < 4.78 is 0. The van der Waals surface area contributed by atoms with Crippen molar-refractivity contribution in [3.63, 3.8) is 0 Å². The second-order valence-electron chi connectivity index (χ2n) is 4.96. The summed E-state index contributed by atoms with van der Waals surface area (Å²) in [4.78, 5) is 34.5. The number of hydrogen-bond donors (Lipinski definition) is 3. The highest BCUT2D eigenvalue weighted by molar-refractivity contribution is 6.00. The molecule has 0 bridgehead atoms. The highest BCUT2D eigenvalue weighted by atomic mass is 16.6. The van der Waals surface area contributed by atoms with E-state index in [0.29, 0.717) is 11.3 Å². The molecule has 0 aliphatic heterocycles. The summed E-state index contributed by atoms with van der Waals surface area (Å²) in [5, 5.41) is 13.7. The van der Waals surface area contributed by atoms with Gasteiger partial charge in [-0.15, -0.1) is 0 Å². The zero-order chi connectivity index (χ0) is 17.7. The summed E-state index contributed by atoms with van der Waals surface area (Å²) >= 11 is 0. The molecule has 0 fully saturated rings. The van der Waals surface area contributed by atoms with Crippen molar-refractivity contribution in [1.82, 2.24) is 10.9 Å². The number of benzene rings is 2. The average Bonchev–Trinajstić information content (AvgIpc) is 2.59. The van der Waals surface area contributed by atoms with Crippen LogP contribution in [0.5, 0.6) is 0 Å². The predicted octanol–water partition coefficient (Wildman–Crippen LogP) is 2.02. The lowest BCUT2D eigenvalue weighted by molar-refractivity contribution is -0.384. The Balaban J connectivity index is 2.10. The van der Waals surface area contributed by atoms with Gasteiger partial charge in [0.15, 0.2) is 0 Å². The van der Waals surface area contributed by atoms with Crippen molar-refractivity contribution < 1.29 is 14.5 Å². The molecule has 0 unspecified atom stereocenters. The molecule has 2 amide bonds. The maximum absolute atomic E-state index is 12.1. The van der Waals surface area contributed by atoms with Gasteiger partial charge in [0.2, 0.25) is 0 Å². The Labute approximate surface area is 138 Å². The minimum Gasteiger partial charge on any atom is -0.383 e. The Bertz CT molecular complexity index is 804. The standard InChI is InChI=1S/C16H16N4O4/c1-10-5-3-4-6-12(10)16(22)19-18-15(21)11-7-8-13(17-2)14(9-11)20(23)24/h3-9,17H,1-2H3,(H,18,21)(H,19,22). The van der Waals surface area contributed by atoms with Crippen molar-refractivity contribution in [2.75, 3.05) is 12.4 Å².